The lowest BCUT2D eigenvalue weighted by Crippen LogP contribution is -2.16. The first-order valence-electron chi connectivity index (χ1n) is 4.72. The Morgan fingerprint density at radius 2 is 1.71 bits per heavy atom. The van der Waals surface area contributed by atoms with Crippen LogP contribution in [-0.2, 0) is 6.54 Å². The minimum atomic E-state index is -0.179. The van der Waals surface area contributed by atoms with Gasteiger partial charge in [0.25, 0.3) is 0 Å². The summed E-state index contributed by atoms with van der Waals surface area (Å²) in [6.45, 7) is 0.876. The summed E-state index contributed by atoms with van der Waals surface area (Å²) in [4.78, 5) is 2.08. The second-order valence-corrected chi connectivity index (χ2v) is 3.37. The van der Waals surface area contributed by atoms with Crippen molar-refractivity contribution in [3.8, 4) is 0 Å². The molecule has 71 valence electrons. The summed E-state index contributed by atoms with van der Waals surface area (Å²) in [7, 11) is 0. The monoisotopic (exact) mass is 185 g/mol. The Hall–Kier alpha value is -1.54. The van der Waals surface area contributed by atoms with Gasteiger partial charge in [0.1, 0.15) is 0 Å². The van der Waals surface area contributed by atoms with Gasteiger partial charge in [-0.15, -0.1) is 0 Å². The third kappa shape index (κ3) is 2.24. The normalized spacial score (nSPS) is 16.2. The van der Waals surface area contributed by atoms with Crippen LogP contribution in [0.15, 0.2) is 54.9 Å². The Morgan fingerprint density at radius 1 is 1.07 bits per heavy atom. The standard InChI is InChI=1S/C12H13N2/c13-12-6-8-14(9-7-12)10-11-4-2-1-3-5-11/h1-9,12-13H,10H2. The molecule has 0 amide bonds. The molecule has 14 heavy (non-hydrogen) atoms. The maximum absolute atomic E-state index is 7.44. The molecule has 1 aliphatic rings. The molecule has 2 rings (SSSR count). The Kier molecular flexibility index (Phi) is 2.65. The molecule has 0 spiro atoms. The minimum absolute atomic E-state index is 0.179. The van der Waals surface area contributed by atoms with E-state index < -0.39 is 0 Å². The Labute approximate surface area is 84.3 Å². The van der Waals surface area contributed by atoms with Gasteiger partial charge in [-0.1, -0.05) is 30.3 Å². The Balaban J connectivity index is 2.00. The van der Waals surface area contributed by atoms with Crippen molar-refractivity contribution in [1.82, 2.24) is 10.6 Å². The fraction of sp³-hybridized carbons (Fsp3) is 0.167. The van der Waals surface area contributed by atoms with E-state index in [-0.39, 0.29) is 6.04 Å². The van der Waals surface area contributed by atoms with Crippen LogP contribution in [0.5, 0.6) is 0 Å². The molecular formula is C12H13N2. The van der Waals surface area contributed by atoms with E-state index in [9.17, 15) is 0 Å². The summed E-state index contributed by atoms with van der Waals surface area (Å²) < 4.78 is 0. The molecular weight excluding hydrogens is 172 g/mol. The molecule has 0 saturated carbocycles. The molecule has 0 aromatic heterocycles. The molecule has 2 heteroatoms. The van der Waals surface area contributed by atoms with Gasteiger partial charge in [0.05, 0.1) is 6.04 Å². The number of hydrogen-bond donors (Lipinski definition) is 0. The highest BCUT2D eigenvalue weighted by Crippen LogP contribution is 2.09. The van der Waals surface area contributed by atoms with Crippen LogP contribution < -0.4 is 5.73 Å². The number of nitrogens with one attached hydrogen (secondary N) is 1. The first kappa shape index (κ1) is 9.03. The lowest BCUT2D eigenvalue weighted by Gasteiger charge is -2.19. The van der Waals surface area contributed by atoms with Gasteiger partial charge in [0.2, 0.25) is 0 Å². The number of rotatable bonds is 2. The molecule has 1 heterocycles. The van der Waals surface area contributed by atoms with Gasteiger partial charge in [0, 0.05) is 18.9 Å². The third-order valence-corrected chi connectivity index (χ3v) is 2.18. The SMILES string of the molecule is [NH]C1C=CN(Cc2ccccc2)C=C1. The minimum Gasteiger partial charge on any atom is -0.350 e. The molecule has 0 aliphatic carbocycles. The maximum Gasteiger partial charge on any atom is 0.0608 e. The lowest BCUT2D eigenvalue weighted by atomic mass is 10.2. The van der Waals surface area contributed by atoms with Crippen molar-refractivity contribution in [1.29, 1.82) is 0 Å². The van der Waals surface area contributed by atoms with Crippen LogP contribution in [-0.4, -0.2) is 10.9 Å². The topological polar surface area (TPSA) is 27.0 Å². The van der Waals surface area contributed by atoms with Crippen LogP contribution in [0, 0.1) is 0 Å². The van der Waals surface area contributed by atoms with Gasteiger partial charge in [-0.2, -0.15) is 0 Å². The fourth-order valence-corrected chi connectivity index (χ4v) is 1.42. The Bertz CT molecular complexity index is 327. The van der Waals surface area contributed by atoms with Crippen molar-refractivity contribution in [3.05, 3.63) is 60.4 Å². The van der Waals surface area contributed by atoms with Crippen molar-refractivity contribution in [2.24, 2.45) is 0 Å². The largest absolute Gasteiger partial charge is 0.350 e. The van der Waals surface area contributed by atoms with E-state index in [1.165, 1.54) is 5.56 Å². The lowest BCUT2D eigenvalue weighted by molar-refractivity contribution is 0.488. The summed E-state index contributed by atoms with van der Waals surface area (Å²) in [5.41, 5.74) is 8.72. The molecule has 1 aliphatic heterocycles. The summed E-state index contributed by atoms with van der Waals surface area (Å²) >= 11 is 0. The van der Waals surface area contributed by atoms with Crippen LogP contribution in [0.3, 0.4) is 0 Å². The summed E-state index contributed by atoms with van der Waals surface area (Å²) in [5, 5.41) is 0. The van der Waals surface area contributed by atoms with E-state index in [1.54, 1.807) is 0 Å². The average molecular weight is 185 g/mol. The van der Waals surface area contributed by atoms with Crippen molar-refractivity contribution < 1.29 is 0 Å². The van der Waals surface area contributed by atoms with Gasteiger partial charge in [-0.25, -0.2) is 5.73 Å². The predicted octanol–water partition coefficient (Wildman–Crippen LogP) is 2.18. The van der Waals surface area contributed by atoms with Gasteiger partial charge < -0.3 is 4.90 Å². The number of nitrogens with zero attached hydrogens (tertiary/aromatic N) is 1. The molecule has 0 unspecified atom stereocenters. The molecule has 2 nitrogen and oxygen atoms in total. The van der Waals surface area contributed by atoms with Crippen LogP contribution in [0.1, 0.15) is 5.56 Å². The quantitative estimate of drug-likeness (QED) is 0.693. The highest BCUT2D eigenvalue weighted by Gasteiger charge is 2.02. The second kappa shape index (κ2) is 4.11. The van der Waals surface area contributed by atoms with Gasteiger partial charge in [-0.05, 0) is 17.7 Å². The highest BCUT2D eigenvalue weighted by molar-refractivity contribution is 5.17. The zero-order chi connectivity index (χ0) is 9.80. The van der Waals surface area contributed by atoms with Crippen LogP contribution in [0.2, 0.25) is 0 Å². The van der Waals surface area contributed by atoms with Crippen molar-refractivity contribution in [3.63, 3.8) is 0 Å². The molecule has 0 fully saturated rings. The Morgan fingerprint density at radius 3 is 2.36 bits per heavy atom. The van der Waals surface area contributed by atoms with Gasteiger partial charge in [0.15, 0.2) is 0 Å². The number of benzene rings is 1. The molecule has 1 N–H and O–H groups in total. The molecule has 1 aromatic rings. The van der Waals surface area contributed by atoms with Crippen LogP contribution in [0.4, 0.5) is 0 Å². The van der Waals surface area contributed by atoms with Gasteiger partial charge >= 0.3 is 0 Å². The van der Waals surface area contributed by atoms with E-state index in [1.807, 2.05) is 42.8 Å². The van der Waals surface area contributed by atoms with E-state index >= 15 is 0 Å². The average Bonchev–Trinajstić information content (AvgIpc) is 2.23. The van der Waals surface area contributed by atoms with Crippen LogP contribution >= 0.6 is 0 Å². The zero-order valence-corrected chi connectivity index (χ0v) is 7.93. The summed E-state index contributed by atoms with van der Waals surface area (Å²) in [5.74, 6) is 0. The predicted molar refractivity (Wildman–Crippen MR) is 57.1 cm³/mol. The molecule has 1 radical (unpaired) electrons. The zero-order valence-electron chi connectivity index (χ0n) is 7.93. The molecule has 0 atom stereocenters. The van der Waals surface area contributed by atoms with E-state index in [0.29, 0.717) is 0 Å². The van der Waals surface area contributed by atoms with Crippen molar-refractivity contribution in [2.75, 3.05) is 0 Å². The van der Waals surface area contributed by atoms with Crippen molar-refractivity contribution >= 4 is 0 Å². The first-order valence-corrected chi connectivity index (χ1v) is 4.72. The fourth-order valence-electron chi connectivity index (χ4n) is 1.42. The van der Waals surface area contributed by atoms with Crippen molar-refractivity contribution in [2.45, 2.75) is 12.6 Å². The van der Waals surface area contributed by atoms with Gasteiger partial charge in [-0.3, -0.25) is 0 Å². The van der Waals surface area contributed by atoms with Crippen LogP contribution in [0.25, 0.3) is 0 Å². The van der Waals surface area contributed by atoms with E-state index in [2.05, 4.69) is 17.0 Å². The molecule has 0 bridgehead atoms. The second-order valence-electron chi connectivity index (χ2n) is 3.37. The molecule has 1 aromatic carbocycles. The maximum atomic E-state index is 7.44. The third-order valence-electron chi connectivity index (χ3n) is 2.18. The van der Waals surface area contributed by atoms with E-state index in [0.717, 1.165) is 6.54 Å². The summed E-state index contributed by atoms with van der Waals surface area (Å²) in [6, 6.07) is 10.1. The van der Waals surface area contributed by atoms with E-state index in [4.69, 9.17) is 5.73 Å². The smallest absolute Gasteiger partial charge is 0.0608 e. The first-order chi connectivity index (χ1) is 6.84. The summed E-state index contributed by atoms with van der Waals surface area (Å²) in [6.07, 6.45) is 7.68. The molecule has 0 saturated heterocycles. The number of hydrogen-bond acceptors (Lipinski definition) is 1. The highest BCUT2D eigenvalue weighted by atomic mass is 15.1.